The van der Waals surface area contributed by atoms with Gasteiger partial charge in [0.05, 0.1) is 17.5 Å². The van der Waals surface area contributed by atoms with Crippen molar-refractivity contribution in [1.29, 1.82) is 0 Å². The van der Waals surface area contributed by atoms with Gasteiger partial charge in [0.25, 0.3) is 0 Å². The Hall–Kier alpha value is -2.41. The first-order valence-electron chi connectivity index (χ1n) is 9.91. The molecule has 156 valence electrons. The lowest BCUT2D eigenvalue weighted by molar-refractivity contribution is -0.127. The van der Waals surface area contributed by atoms with Crippen molar-refractivity contribution in [1.82, 2.24) is 20.4 Å². The summed E-state index contributed by atoms with van der Waals surface area (Å²) in [7, 11) is 0. The molecular formula is C22H22Cl2N4O2. The minimum Gasteiger partial charge on any atom is -0.347 e. The van der Waals surface area contributed by atoms with Crippen LogP contribution in [0.2, 0.25) is 10.0 Å². The van der Waals surface area contributed by atoms with Gasteiger partial charge >= 0.3 is 0 Å². The zero-order chi connectivity index (χ0) is 20.9. The van der Waals surface area contributed by atoms with E-state index in [1.54, 1.807) is 6.07 Å². The lowest BCUT2D eigenvalue weighted by atomic mass is 9.96. The number of piperidine rings is 1. The maximum absolute atomic E-state index is 12.7. The third kappa shape index (κ3) is 5.01. The summed E-state index contributed by atoms with van der Waals surface area (Å²) >= 11 is 12.5. The second kappa shape index (κ2) is 9.60. The van der Waals surface area contributed by atoms with Crippen LogP contribution < -0.4 is 5.32 Å². The number of aromatic nitrogens is 2. The number of likely N-dealkylation sites (tertiary alicyclic amines) is 1. The van der Waals surface area contributed by atoms with Crippen molar-refractivity contribution >= 4 is 29.1 Å². The Morgan fingerprint density at radius 2 is 1.90 bits per heavy atom. The predicted molar refractivity (Wildman–Crippen MR) is 116 cm³/mol. The summed E-state index contributed by atoms with van der Waals surface area (Å²) in [6, 6.07) is 15.1. The van der Waals surface area contributed by atoms with Gasteiger partial charge in [-0.2, -0.15) is 4.98 Å². The van der Waals surface area contributed by atoms with Gasteiger partial charge in [0.1, 0.15) is 0 Å². The first kappa shape index (κ1) is 20.8. The molecule has 2 heterocycles. The van der Waals surface area contributed by atoms with Crippen molar-refractivity contribution in [2.45, 2.75) is 25.9 Å². The van der Waals surface area contributed by atoms with Gasteiger partial charge < -0.3 is 9.84 Å². The zero-order valence-electron chi connectivity index (χ0n) is 16.4. The van der Waals surface area contributed by atoms with Crippen LogP contribution in [-0.4, -0.2) is 34.0 Å². The number of amides is 1. The minimum absolute atomic E-state index is 0.00338. The normalized spacial score (nSPS) is 17.1. The maximum Gasteiger partial charge on any atom is 0.246 e. The number of hydrogen-bond donors (Lipinski definition) is 1. The zero-order valence-corrected chi connectivity index (χ0v) is 17.9. The van der Waals surface area contributed by atoms with Gasteiger partial charge in [-0.05, 0) is 43.1 Å². The van der Waals surface area contributed by atoms with Crippen molar-refractivity contribution in [3.8, 4) is 11.4 Å². The summed E-state index contributed by atoms with van der Waals surface area (Å²) in [5.74, 6) is 0.680. The Morgan fingerprint density at radius 3 is 2.70 bits per heavy atom. The molecule has 1 fully saturated rings. The molecule has 1 aliphatic rings. The van der Waals surface area contributed by atoms with Crippen LogP contribution in [0.1, 0.15) is 24.3 Å². The number of carbonyl (C=O) groups is 1. The largest absolute Gasteiger partial charge is 0.347 e. The van der Waals surface area contributed by atoms with E-state index >= 15 is 0 Å². The molecule has 2 aromatic carbocycles. The monoisotopic (exact) mass is 444 g/mol. The highest BCUT2D eigenvalue weighted by molar-refractivity contribution is 6.33. The number of hydrogen-bond acceptors (Lipinski definition) is 5. The molecule has 0 radical (unpaired) electrons. The first-order chi connectivity index (χ1) is 14.6. The van der Waals surface area contributed by atoms with Crippen LogP contribution in [0.5, 0.6) is 0 Å². The molecule has 1 aliphatic heterocycles. The van der Waals surface area contributed by atoms with Crippen molar-refractivity contribution in [2.24, 2.45) is 5.92 Å². The average molecular weight is 445 g/mol. The van der Waals surface area contributed by atoms with E-state index in [4.69, 9.17) is 27.7 Å². The molecule has 0 spiro atoms. The van der Waals surface area contributed by atoms with Crippen LogP contribution in [0.25, 0.3) is 11.4 Å². The van der Waals surface area contributed by atoms with E-state index in [0.717, 1.165) is 36.5 Å². The highest BCUT2D eigenvalue weighted by Crippen LogP contribution is 2.25. The molecule has 1 aromatic heterocycles. The van der Waals surface area contributed by atoms with Gasteiger partial charge in [0.15, 0.2) is 0 Å². The highest BCUT2D eigenvalue weighted by atomic mass is 35.5. The third-order valence-electron chi connectivity index (χ3n) is 5.22. The van der Waals surface area contributed by atoms with Gasteiger partial charge in [-0.1, -0.05) is 58.7 Å². The van der Waals surface area contributed by atoms with Crippen LogP contribution in [0, 0.1) is 5.92 Å². The Balaban J connectivity index is 1.32. The molecule has 3 aromatic rings. The number of nitrogens with zero attached hydrogens (tertiary/aromatic N) is 3. The molecular weight excluding hydrogens is 423 g/mol. The number of carbonyl (C=O) groups excluding carboxylic acids is 1. The smallest absolute Gasteiger partial charge is 0.246 e. The van der Waals surface area contributed by atoms with Gasteiger partial charge in [-0.25, -0.2) is 0 Å². The Kier molecular flexibility index (Phi) is 6.67. The highest BCUT2D eigenvalue weighted by Gasteiger charge is 2.26. The molecule has 0 saturated carbocycles. The summed E-state index contributed by atoms with van der Waals surface area (Å²) in [6.07, 6.45) is 1.83. The standard InChI is InChI=1S/C22H22Cl2N4O2/c23-18-9-3-1-6-15(18)13-28-11-5-7-16(14-28)22(29)25-12-20-26-21(27-30-20)17-8-2-4-10-19(17)24/h1-4,6,8-10,16H,5,7,11-14H2,(H,25,29). The van der Waals surface area contributed by atoms with Crippen molar-refractivity contribution in [3.63, 3.8) is 0 Å². The quantitative estimate of drug-likeness (QED) is 0.602. The molecule has 1 N–H and O–H groups in total. The van der Waals surface area contributed by atoms with Crippen LogP contribution in [0.3, 0.4) is 0 Å². The molecule has 1 saturated heterocycles. The van der Waals surface area contributed by atoms with Gasteiger partial charge in [0.2, 0.25) is 17.6 Å². The SMILES string of the molecule is O=C(NCc1nc(-c2ccccc2Cl)no1)C1CCCN(Cc2ccccc2Cl)C1. The van der Waals surface area contributed by atoms with Crippen LogP contribution in [0.15, 0.2) is 53.1 Å². The van der Waals surface area contributed by atoms with Crippen LogP contribution in [-0.2, 0) is 17.9 Å². The Morgan fingerprint density at radius 1 is 1.13 bits per heavy atom. The molecule has 1 amide bonds. The van der Waals surface area contributed by atoms with Gasteiger partial charge in [-0.3, -0.25) is 9.69 Å². The summed E-state index contributed by atoms with van der Waals surface area (Å²) in [5, 5.41) is 8.19. The minimum atomic E-state index is -0.0767. The van der Waals surface area contributed by atoms with Gasteiger partial charge in [0, 0.05) is 23.7 Å². The molecule has 8 heteroatoms. The fraction of sp³-hybridized carbons (Fsp3) is 0.318. The van der Waals surface area contributed by atoms with E-state index in [0.29, 0.717) is 28.8 Å². The van der Waals surface area contributed by atoms with Crippen LogP contribution in [0.4, 0.5) is 0 Å². The van der Waals surface area contributed by atoms with E-state index in [-0.39, 0.29) is 18.4 Å². The number of rotatable bonds is 6. The fourth-order valence-electron chi connectivity index (χ4n) is 3.67. The van der Waals surface area contributed by atoms with E-state index in [1.807, 2.05) is 42.5 Å². The summed E-state index contributed by atoms with van der Waals surface area (Å²) in [5.41, 5.74) is 1.78. The number of nitrogens with one attached hydrogen (secondary N) is 1. The van der Waals surface area contributed by atoms with E-state index in [2.05, 4.69) is 20.4 Å². The first-order valence-corrected chi connectivity index (χ1v) is 10.7. The van der Waals surface area contributed by atoms with Crippen molar-refractivity contribution < 1.29 is 9.32 Å². The van der Waals surface area contributed by atoms with Crippen molar-refractivity contribution in [3.05, 3.63) is 70.0 Å². The molecule has 1 atom stereocenters. The topological polar surface area (TPSA) is 71.3 Å². The maximum atomic E-state index is 12.7. The van der Waals surface area contributed by atoms with E-state index in [9.17, 15) is 4.79 Å². The third-order valence-corrected chi connectivity index (χ3v) is 5.92. The van der Waals surface area contributed by atoms with Gasteiger partial charge in [-0.15, -0.1) is 0 Å². The average Bonchev–Trinajstić information content (AvgIpc) is 3.23. The van der Waals surface area contributed by atoms with Crippen molar-refractivity contribution in [2.75, 3.05) is 13.1 Å². The lowest BCUT2D eigenvalue weighted by Crippen LogP contribution is -2.42. The fourth-order valence-corrected chi connectivity index (χ4v) is 4.08. The molecule has 0 aliphatic carbocycles. The lowest BCUT2D eigenvalue weighted by Gasteiger charge is -2.32. The van der Waals surface area contributed by atoms with E-state index in [1.165, 1.54) is 0 Å². The van der Waals surface area contributed by atoms with Crippen LogP contribution >= 0.6 is 23.2 Å². The molecule has 4 rings (SSSR count). The second-order valence-corrected chi connectivity index (χ2v) is 8.19. The predicted octanol–water partition coefficient (Wildman–Crippen LogP) is 4.57. The van der Waals surface area contributed by atoms with E-state index < -0.39 is 0 Å². The number of halogens is 2. The number of benzene rings is 2. The molecule has 30 heavy (non-hydrogen) atoms. The summed E-state index contributed by atoms with van der Waals surface area (Å²) in [6.45, 7) is 2.59. The Labute approximate surface area is 185 Å². The molecule has 1 unspecified atom stereocenters. The summed E-state index contributed by atoms with van der Waals surface area (Å²) < 4.78 is 5.27. The second-order valence-electron chi connectivity index (χ2n) is 7.38. The summed E-state index contributed by atoms with van der Waals surface area (Å²) in [4.78, 5) is 19.3. The molecule has 0 bridgehead atoms. The Bertz CT molecular complexity index is 1020. The molecule has 6 nitrogen and oxygen atoms in total.